The molecular weight excluding hydrogens is 397 g/mol. The summed E-state index contributed by atoms with van der Waals surface area (Å²) in [4.78, 5) is 4.02. The zero-order valence-corrected chi connectivity index (χ0v) is 16.6. The molecule has 156 valence electrons. The maximum atomic E-state index is 13.4. The quantitative estimate of drug-likeness (QED) is 0.504. The zero-order chi connectivity index (χ0) is 21.2. The van der Waals surface area contributed by atoms with Crippen LogP contribution < -0.4 is 14.2 Å². The number of pyridine rings is 1. The second-order valence-corrected chi connectivity index (χ2v) is 7.42. The van der Waals surface area contributed by atoms with Crippen molar-refractivity contribution in [3.8, 4) is 17.2 Å². The third-order valence-electron chi connectivity index (χ3n) is 5.25. The normalized spacial score (nSPS) is 17.6. The van der Waals surface area contributed by atoms with Gasteiger partial charge < -0.3 is 19.3 Å². The number of ether oxygens (including phenoxy) is 3. The minimum atomic E-state index is -0.858. The zero-order valence-electron chi connectivity index (χ0n) is 16.6. The van der Waals surface area contributed by atoms with Crippen molar-refractivity contribution in [2.24, 2.45) is 0 Å². The van der Waals surface area contributed by atoms with E-state index >= 15 is 0 Å². The van der Waals surface area contributed by atoms with Crippen LogP contribution in [0.4, 0.5) is 4.39 Å². The van der Waals surface area contributed by atoms with Gasteiger partial charge in [-0.15, -0.1) is 0 Å². The molecule has 0 unspecified atom stereocenters. The predicted molar refractivity (Wildman–Crippen MR) is 114 cm³/mol. The highest BCUT2D eigenvalue weighted by Crippen LogP contribution is 2.36. The highest BCUT2D eigenvalue weighted by atomic mass is 19.1. The highest BCUT2D eigenvalue weighted by Gasteiger charge is 2.31. The van der Waals surface area contributed by atoms with Gasteiger partial charge in [-0.25, -0.2) is 4.39 Å². The maximum absolute atomic E-state index is 13.4. The fourth-order valence-electron chi connectivity index (χ4n) is 3.65. The molecule has 31 heavy (non-hydrogen) atoms. The Kier molecular flexibility index (Phi) is 5.14. The molecule has 0 aliphatic carbocycles. The second-order valence-electron chi connectivity index (χ2n) is 7.42. The van der Waals surface area contributed by atoms with Crippen LogP contribution in [0.25, 0.3) is 10.8 Å². The fourth-order valence-corrected chi connectivity index (χ4v) is 3.65. The van der Waals surface area contributed by atoms with Gasteiger partial charge in [0.1, 0.15) is 42.4 Å². The molecule has 0 fully saturated rings. The molecule has 0 radical (unpaired) electrons. The van der Waals surface area contributed by atoms with Crippen LogP contribution in [0.15, 0.2) is 79.1 Å². The molecule has 3 aromatic carbocycles. The Labute approximate surface area is 178 Å². The van der Waals surface area contributed by atoms with E-state index in [9.17, 15) is 9.50 Å². The van der Waals surface area contributed by atoms with Crippen LogP contribution in [0, 0.1) is 5.82 Å². The van der Waals surface area contributed by atoms with Gasteiger partial charge in [0.15, 0.2) is 6.10 Å². The lowest BCUT2D eigenvalue weighted by Gasteiger charge is -2.30. The molecule has 0 amide bonds. The number of aliphatic hydroxyl groups is 1. The van der Waals surface area contributed by atoms with Gasteiger partial charge in [-0.2, -0.15) is 0 Å². The van der Waals surface area contributed by atoms with Crippen LogP contribution in [-0.4, -0.2) is 22.8 Å². The Balaban J connectivity index is 1.30. The summed E-state index contributed by atoms with van der Waals surface area (Å²) in [5.74, 6) is 1.54. The van der Waals surface area contributed by atoms with E-state index in [0.717, 1.165) is 16.3 Å². The van der Waals surface area contributed by atoms with Gasteiger partial charge in [0.05, 0.1) is 6.20 Å². The number of aromatic nitrogens is 1. The van der Waals surface area contributed by atoms with Crippen molar-refractivity contribution >= 4 is 10.8 Å². The molecule has 1 aliphatic rings. The molecule has 5 rings (SSSR count). The fraction of sp³-hybridized carbons (Fsp3) is 0.160. The standard InChI is InChI=1S/C25H20FNO4/c26-19-6-5-17-10-16(3-4-18(17)11-19)14-29-20-7-8-23-22(12-20)25(28)24(15-30-23)31-21-2-1-9-27-13-21/h1-13,24-25,28H,14-15H2/t24-,25+/m0/s1. The van der Waals surface area contributed by atoms with Gasteiger partial charge in [0.25, 0.3) is 0 Å². The van der Waals surface area contributed by atoms with Gasteiger partial charge in [-0.05, 0) is 64.9 Å². The topological polar surface area (TPSA) is 60.8 Å². The van der Waals surface area contributed by atoms with Crippen molar-refractivity contribution in [1.29, 1.82) is 0 Å². The lowest BCUT2D eigenvalue weighted by molar-refractivity contribution is -0.0106. The van der Waals surface area contributed by atoms with Crippen molar-refractivity contribution in [2.45, 2.75) is 18.8 Å². The van der Waals surface area contributed by atoms with Crippen LogP contribution in [0.2, 0.25) is 0 Å². The van der Waals surface area contributed by atoms with Gasteiger partial charge >= 0.3 is 0 Å². The summed E-state index contributed by atoms with van der Waals surface area (Å²) < 4.78 is 30.9. The van der Waals surface area contributed by atoms with E-state index in [2.05, 4.69) is 4.98 Å². The summed E-state index contributed by atoms with van der Waals surface area (Å²) in [6.45, 7) is 0.583. The van der Waals surface area contributed by atoms with Gasteiger partial charge in [-0.3, -0.25) is 4.98 Å². The first-order valence-corrected chi connectivity index (χ1v) is 9.98. The summed E-state index contributed by atoms with van der Waals surface area (Å²) >= 11 is 0. The van der Waals surface area contributed by atoms with E-state index in [4.69, 9.17) is 14.2 Å². The number of hydrogen-bond acceptors (Lipinski definition) is 5. The van der Waals surface area contributed by atoms with Crippen LogP contribution in [0.3, 0.4) is 0 Å². The number of halogens is 1. The van der Waals surface area contributed by atoms with E-state index in [1.54, 1.807) is 42.7 Å². The van der Waals surface area contributed by atoms with E-state index in [1.165, 1.54) is 12.1 Å². The molecule has 6 heteroatoms. The van der Waals surface area contributed by atoms with E-state index in [-0.39, 0.29) is 12.4 Å². The smallest absolute Gasteiger partial charge is 0.163 e. The Morgan fingerprint density at radius 2 is 1.87 bits per heavy atom. The predicted octanol–water partition coefficient (Wildman–Crippen LogP) is 4.83. The highest BCUT2D eigenvalue weighted by molar-refractivity contribution is 5.83. The van der Waals surface area contributed by atoms with Crippen molar-refractivity contribution < 1.29 is 23.7 Å². The Bertz CT molecular complexity index is 1210. The molecule has 0 spiro atoms. The first kappa shape index (κ1) is 19.3. The van der Waals surface area contributed by atoms with Gasteiger partial charge in [0, 0.05) is 11.8 Å². The largest absolute Gasteiger partial charge is 0.489 e. The average molecular weight is 417 g/mol. The molecule has 0 bridgehead atoms. The number of rotatable bonds is 5. The molecule has 0 saturated carbocycles. The summed E-state index contributed by atoms with van der Waals surface area (Å²) in [5, 5.41) is 12.6. The van der Waals surface area contributed by atoms with Crippen LogP contribution in [-0.2, 0) is 6.61 Å². The van der Waals surface area contributed by atoms with Crippen LogP contribution in [0.1, 0.15) is 17.2 Å². The Hall–Kier alpha value is -3.64. The summed E-state index contributed by atoms with van der Waals surface area (Å²) in [6, 6.07) is 19.4. The van der Waals surface area contributed by atoms with Gasteiger partial charge in [0.2, 0.25) is 0 Å². The second kappa shape index (κ2) is 8.24. The third kappa shape index (κ3) is 4.15. The number of nitrogens with zero attached hydrogens (tertiary/aromatic N) is 1. The molecule has 1 aliphatic heterocycles. The number of hydrogen-bond donors (Lipinski definition) is 1. The van der Waals surface area contributed by atoms with Crippen molar-refractivity contribution in [3.63, 3.8) is 0 Å². The van der Waals surface area contributed by atoms with Crippen molar-refractivity contribution in [2.75, 3.05) is 6.61 Å². The maximum Gasteiger partial charge on any atom is 0.163 e. The minimum Gasteiger partial charge on any atom is -0.489 e. The molecule has 5 nitrogen and oxygen atoms in total. The first-order valence-electron chi connectivity index (χ1n) is 9.98. The van der Waals surface area contributed by atoms with Crippen LogP contribution >= 0.6 is 0 Å². The van der Waals surface area contributed by atoms with E-state index < -0.39 is 12.2 Å². The number of fused-ring (bicyclic) bond motifs is 2. The summed E-state index contributed by atoms with van der Waals surface area (Å²) in [7, 11) is 0. The summed E-state index contributed by atoms with van der Waals surface area (Å²) in [5.41, 5.74) is 1.58. The number of aliphatic hydroxyl groups excluding tert-OH is 1. The minimum absolute atomic E-state index is 0.237. The molecule has 1 N–H and O–H groups in total. The van der Waals surface area contributed by atoms with Crippen molar-refractivity contribution in [1.82, 2.24) is 4.98 Å². The van der Waals surface area contributed by atoms with E-state index in [0.29, 0.717) is 29.4 Å². The molecule has 1 aromatic heterocycles. The van der Waals surface area contributed by atoms with Crippen molar-refractivity contribution in [3.05, 3.63) is 96.1 Å². The van der Waals surface area contributed by atoms with Gasteiger partial charge in [-0.1, -0.05) is 18.2 Å². The monoisotopic (exact) mass is 417 g/mol. The third-order valence-corrected chi connectivity index (χ3v) is 5.25. The Morgan fingerprint density at radius 1 is 1.00 bits per heavy atom. The molecular formula is C25H20FNO4. The SMILES string of the molecule is O[C@@H]1c2cc(OCc3ccc4cc(F)ccc4c3)ccc2OC[C@@H]1Oc1cccnc1. The summed E-state index contributed by atoms with van der Waals surface area (Å²) in [6.07, 6.45) is 1.85. The number of benzene rings is 3. The van der Waals surface area contributed by atoms with Crippen LogP contribution in [0.5, 0.6) is 17.2 Å². The average Bonchev–Trinajstić information content (AvgIpc) is 2.80. The Morgan fingerprint density at radius 3 is 2.74 bits per heavy atom. The molecule has 2 heterocycles. The first-order chi connectivity index (χ1) is 15.2. The van der Waals surface area contributed by atoms with E-state index in [1.807, 2.05) is 24.3 Å². The molecule has 4 aromatic rings. The lowest BCUT2D eigenvalue weighted by Crippen LogP contribution is -2.35. The molecule has 0 saturated heterocycles. The lowest BCUT2D eigenvalue weighted by atomic mass is 10.0. The molecule has 2 atom stereocenters.